The predicted molar refractivity (Wildman–Crippen MR) is 115 cm³/mol. The molecule has 0 bridgehead atoms. The molecule has 1 aliphatic carbocycles. The Morgan fingerprint density at radius 2 is 2.03 bits per heavy atom. The fraction of sp³-hybridized carbons (Fsp3) is 0.450. The van der Waals surface area contributed by atoms with Gasteiger partial charge in [0.05, 0.1) is 34.9 Å². The molecule has 2 aromatic heterocycles. The van der Waals surface area contributed by atoms with Crippen LogP contribution in [0.4, 0.5) is 17.5 Å². The summed E-state index contributed by atoms with van der Waals surface area (Å²) in [5.41, 5.74) is 2.72. The predicted octanol–water partition coefficient (Wildman–Crippen LogP) is 3.28. The van der Waals surface area contributed by atoms with Crippen LogP contribution in [-0.4, -0.2) is 45.2 Å². The van der Waals surface area contributed by atoms with Gasteiger partial charge in [0.1, 0.15) is 5.82 Å². The maximum atomic E-state index is 12.1. The molecule has 2 heterocycles. The maximum absolute atomic E-state index is 12.1. The topological polar surface area (TPSA) is 102 Å². The summed E-state index contributed by atoms with van der Waals surface area (Å²) in [7, 11) is -3.12. The molecule has 0 amide bonds. The van der Waals surface area contributed by atoms with Crippen LogP contribution in [0.2, 0.25) is 0 Å². The smallest absolute Gasteiger partial charge is 0.229 e. The minimum Gasteiger partial charge on any atom is -0.367 e. The quantitative estimate of drug-likeness (QED) is 0.583. The summed E-state index contributed by atoms with van der Waals surface area (Å²) in [5, 5.41) is 11.6. The molecule has 4 rings (SSSR count). The van der Waals surface area contributed by atoms with Crippen molar-refractivity contribution in [3.8, 4) is 0 Å². The minimum atomic E-state index is -3.12. The molecule has 0 saturated heterocycles. The third-order valence-electron chi connectivity index (χ3n) is 5.13. The molecule has 2 N–H and O–H groups in total. The first-order chi connectivity index (χ1) is 13.8. The van der Waals surface area contributed by atoms with Gasteiger partial charge in [-0.3, -0.25) is 4.68 Å². The van der Waals surface area contributed by atoms with E-state index in [9.17, 15) is 8.42 Å². The highest BCUT2D eigenvalue weighted by molar-refractivity contribution is 7.91. The van der Waals surface area contributed by atoms with Crippen LogP contribution in [0.5, 0.6) is 0 Å². The van der Waals surface area contributed by atoms with Gasteiger partial charge in [-0.2, -0.15) is 10.1 Å². The first-order valence-corrected chi connectivity index (χ1v) is 11.6. The van der Waals surface area contributed by atoms with E-state index in [-0.39, 0.29) is 5.75 Å². The average molecular weight is 415 g/mol. The van der Waals surface area contributed by atoms with E-state index < -0.39 is 15.1 Å². The van der Waals surface area contributed by atoms with E-state index in [2.05, 4.69) is 25.7 Å². The molecule has 1 aliphatic rings. The molecule has 1 saturated carbocycles. The van der Waals surface area contributed by atoms with Crippen LogP contribution < -0.4 is 10.6 Å². The monoisotopic (exact) mass is 414 g/mol. The van der Waals surface area contributed by atoms with Gasteiger partial charge in [0, 0.05) is 23.2 Å². The molecule has 154 valence electrons. The van der Waals surface area contributed by atoms with Gasteiger partial charge in [0.2, 0.25) is 5.95 Å². The number of benzene rings is 1. The molecule has 3 aromatic rings. The second kappa shape index (κ2) is 7.62. The standard InChI is InChI=1S/C20H26N6O2S/c1-13(2)29(27,28)10-9-26-18-6-4-5-17(16(18)12-22-26)24-20-21-11-14(3)19(25-20)23-15-7-8-15/h4-6,11-13,15H,7-10H2,1-3H3,(H2,21,23,24,25). The summed E-state index contributed by atoms with van der Waals surface area (Å²) < 4.78 is 26.0. The van der Waals surface area contributed by atoms with Crippen molar-refractivity contribution >= 4 is 38.2 Å². The van der Waals surface area contributed by atoms with Crippen molar-refractivity contribution in [2.75, 3.05) is 16.4 Å². The van der Waals surface area contributed by atoms with Gasteiger partial charge in [0.15, 0.2) is 9.84 Å². The SMILES string of the molecule is Cc1cnc(Nc2cccc3c2cnn3CCS(=O)(=O)C(C)C)nc1NC1CC1. The first-order valence-electron chi connectivity index (χ1n) is 9.87. The Balaban J connectivity index is 1.57. The van der Waals surface area contributed by atoms with E-state index in [0.717, 1.165) is 28.0 Å². The zero-order valence-electron chi connectivity index (χ0n) is 16.9. The molecule has 0 radical (unpaired) electrons. The molecular formula is C20H26N6O2S. The number of nitrogens with zero attached hydrogens (tertiary/aromatic N) is 4. The average Bonchev–Trinajstić information content (AvgIpc) is 3.40. The van der Waals surface area contributed by atoms with Crippen LogP contribution in [-0.2, 0) is 16.4 Å². The van der Waals surface area contributed by atoms with Gasteiger partial charge in [-0.15, -0.1) is 0 Å². The number of nitrogens with one attached hydrogen (secondary N) is 2. The van der Waals surface area contributed by atoms with Crippen LogP contribution in [0, 0.1) is 6.92 Å². The van der Waals surface area contributed by atoms with E-state index in [4.69, 9.17) is 0 Å². The molecule has 0 spiro atoms. The van der Waals surface area contributed by atoms with Gasteiger partial charge in [0.25, 0.3) is 0 Å². The number of aromatic nitrogens is 4. The van der Waals surface area contributed by atoms with Gasteiger partial charge in [-0.1, -0.05) is 6.07 Å². The van der Waals surface area contributed by atoms with Crippen molar-refractivity contribution < 1.29 is 8.42 Å². The van der Waals surface area contributed by atoms with Crippen molar-refractivity contribution in [1.82, 2.24) is 19.7 Å². The van der Waals surface area contributed by atoms with E-state index in [1.165, 1.54) is 12.8 Å². The fourth-order valence-corrected chi connectivity index (χ4v) is 3.93. The fourth-order valence-electron chi connectivity index (χ4n) is 3.03. The molecule has 1 fully saturated rings. The second-order valence-electron chi connectivity index (χ2n) is 7.79. The van der Waals surface area contributed by atoms with E-state index in [0.29, 0.717) is 18.5 Å². The Hall–Kier alpha value is -2.68. The Kier molecular flexibility index (Phi) is 5.16. The molecule has 0 unspecified atom stereocenters. The number of sulfone groups is 1. The van der Waals surface area contributed by atoms with Gasteiger partial charge in [-0.25, -0.2) is 13.4 Å². The Morgan fingerprint density at radius 3 is 2.76 bits per heavy atom. The van der Waals surface area contributed by atoms with E-state index in [1.54, 1.807) is 30.9 Å². The first kappa shape index (κ1) is 19.6. The van der Waals surface area contributed by atoms with E-state index in [1.807, 2.05) is 25.1 Å². The minimum absolute atomic E-state index is 0.0658. The molecule has 29 heavy (non-hydrogen) atoms. The zero-order chi connectivity index (χ0) is 20.6. The third kappa shape index (κ3) is 4.34. The summed E-state index contributed by atoms with van der Waals surface area (Å²) in [6, 6.07) is 6.31. The lowest BCUT2D eigenvalue weighted by molar-refractivity contribution is 0.575. The normalized spacial score (nSPS) is 14.5. The maximum Gasteiger partial charge on any atom is 0.229 e. The largest absolute Gasteiger partial charge is 0.367 e. The number of anilines is 3. The molecule has 0 aliphatic heterocycles. The molecular weight excluding hydrogens is 388 g/mol. The highest BCUT2D eigenvalue weighted by atomic mass is 32.2. The Bertz CT molecular complexity index is 1140. The van der Waals surface area contributed by atoms with Crippen LogP contribution in [0.15, 0.2) is 30.6 Å². The van der Waals surface area contributed by atoms with Crippen molar-refractivity contribution in [2.45, 2.75) is 51.4 Å². The van der Waals surface area contributed by atoms with Crippen LogP contribution >= 0.6 is 0 Å². The summed E-state index contributed by atoms with van der Waals surface area (Å²) in [4.78, 5) is 9.00. The summed E-state index contributed by atoms with van der Waals surface area (Å²) in [5.74, 6) is 1.43. The van der Waals surface area contributed by atoms with Crippen molar-refractivity contribution in [3.63, 3.8) is 0 Å². The second-order valence-corrected chi connectivity index (χ2v) is 10.5. The van der Waals surface area contributed by atoms with Crippen LogP contribution in [0.3, 0.4) is 0 Å². The summed E-state index contributed by atoms with van der Waals surface area (Å²) >= 11 is 0. The van der Waals surface area contributed by atoms with E-state index >= 15 is 0 Å². The number of hydrogen-bond acceptors (Lipinski definition) is 7. The summed E-state index contributed by atoms with van der Waals surface area (Å²) in [6.45, 7) is 5.72. The lowest BCUT2D eigenvalue weighted by atomic mass is 10.2. The van der Waals surface area contributed by atoms with Crippen LogP contribution in [0.1, 0.15) is 32.3 Å². The van der Waals surface area contributed by atoms with Crippen molar-refractivity contribution in [2.24, 2.45) is 0 Å². The lowest BCUT2D eigenvalue weighted by Crippen LogP contribution is -2.21. The summed E-state index contributed by atoms with van der Waals surface area (Å²) in [6.07, 6.45) is 5.91. The number of fused-ring (bicyclic) bond motifs is 1. The highest BCUT2D eigenvalue weighted by Crippen LogP contribution is 2.28. The van der Waals surface area contributed by atoms with Crippen molar-refractivity contribution in [3.05, 3.63) is 36.2 Å². The van der Waals surface area contributed by atoms with Crippen LogP contribution in [0.25, 0.3) is 10.9 Å². The zero-order valence-corrected chi connectivity index (χ0v) is 17.7. The van der Waals surface area contributed by atoms with Gasteiger partial charge in [-0.05, 0) is 45.7 Å². The van der Waals surface area contributed by atoms with Gasteiger partial charge < -0.3 is 10.6 Å². The molecule has 9 heteroatoms. The number of hydrogen-bond donors (Lipinski definition) is 2. The number of rotatable bonds is 8. The Labute approximate surface area is 170 Å². The van der Waals surface area contributed by atoms with Crippen molar-refractivity contribution in [1.29, 1.82) is 0 Å². The van der Waals surface area contributed by atoms with Gasteiger partial charge >= 0.3 is 0 Å². The molecule has 8 nitrogen and oxygen atoms in total. The number of aryl methyl sites for hydroxylation is 2. The third-order valence-corrected chi connectivity index (χ3v) is 7.32. The lowest BCUT2D eigenvalue weighted by Gasteiger charge is -2.11. The highest BCUT2D eigenvalue weighted by Gasteiger charge is 2.22. The molecule has 1 aromatic carbocycles. The Morgan fingerprint density at radius 1 is 1.24 bits per heavy atom. The molecule has 0 atom stereocenters.